The van der Waals surface area contributed by atoms with Gasteiger partial charge in [-0.15, -0.1) is 0 Å². The van der Waals surface area contributed by atoms with Gasteiger partial charge in [0.25, 0.3) is 5.69 Å². The van der Waals surface area contributed by atoms with E-state index in [1.165, 1.54) is 12.1 Å². The summed E-state index contributed by atoms with van der Waals surface area (Å²) in [6.07, 6.45) is 0.400. The first-order valence-electron chi connectivity index (χ1n) is 9.20. The molecule has 146 valence electrons. The molecule has 0 spiro atoms. The summed E-state index contributed by atoms with van der Waals surface area (Å²) in [6, 6.07) is 15.9. The number of non-ortho nitro benzene ring substituents is 1. The van der Waals surface area contributed by atoms with Gasteiger partial charge in [0, 0.05) is 37.3 Å². The summed E-state index contributed by atoms with van der Waals surface area (Å²) in [7, 11) is 0. The second kappa shape index (κ2) is 8.98. The molecule has 1 aliphatic heterocycles. The number of amides is 1. The lowest BCUT2D eigenvalue weighted by atomic mass is 10.2. The van der Waals surface area contributed by atoms with Gasteiger partial charge in [-0.1, -0.05) is 30.3 Å². The van der Waals surface area contributed by atoms with E-state index in [0.29, 0.717) is 32.0 Å². The summed E-state index contributed by atoms with van der Waals surface area (Å²) < 4.78 is 0. The number of carbonyl (C=O) groups is 1. The topological polar surface area (TPSA) is 99.9 Å². The van der Waals surface area contributed by atoms with Gasteiger partial charge in [0.1, 0.15) is 0 Å². The lowest BCUT2D eigenvalue weighted by molar-refractivity contribution is -0.384. The van der Waals surface area contributed by atoms with Crippen molar-refractivity contribution in [2.75, 3.05) is 18.0 Å². The van der Waals surface area contributed by atoms with Gasteiger partial charge in [0.15, 0.2) is 5.96 Å². The van der Waals surface area contributed by atoms with Crippen LogP contribution in [0.15, 0.2) is 59.6 Å². The van der Waals surface area contributed by atoms with Crippen LogP contribution in [-0.2, 0) is 11.3 Å². The van der Waals surface area contributed by atoms with Crippen LogP contribution in [0.3, 0.4) is 0 Å². The monoisotopic (exact) mass is 381 g/mol. The highest BCUT2D eigenvalue weighted by molar-refractivity contribution is 5.97. The Kier molecular flexibility index (Phi) is 6.21. The number of anilines is 1. The van der Waals surface area contributed by atoms with Gasteiger partial charge in [-0.25, -0.2) is 4.99 Å². The number of guanidine groups is 1. The van der Waals surface area contributed by atoms with Gasteiger partial charge in [0.2, 0.25) is 5.91 Å². The molecule has 1 unspecified atom stereocenters. The third kappa shape index (κ3) is 4.85. The normalized spacial score (nSPS) is 16.9. The number of benzene rings is 2. The fraction of sp³-hybridized carbons (Fsp3) is 0.300. The van der Waals surface area contributed by atoms with Crippen LogP contribution in [-0.4, -0.2) is 35.9 Å². The van der Waals surface area contributed by atoms with E-state index < -0.39 is 4.92 Å². The molecule has 2 aromatic carbocycles. The molecule has 0 saturated carbocycles. The maximum absolute atomic E-state index is 12.4. The molecule has 3 rings (SSSR count). The van der Waals surface area contributed by atoms with Crippen molar-refractivity contribution in [2.24, 2.45) is 4.99 Å². The summed E-state index contributed by atoms with van der Waals surface area (Å²) in [5.74, 6) is 0.698. The van der Waals surface area contributed by atoms with Crippen LogP contribution in [0, 0.1) is 10.1 Å². The SMILES string of the molecule is CCNC(=NCc1ccc([N+](=O)[O-])cc1)NC1CC(=O)N(c2ccccc2)C1. The molecule has 1 heterocycles. The van der Waals surface area contributed by atoms with E-state index in [1.807, 2.05) is 37.3 Å². The lowest BCUT2D eigenvalue weighted by Gasteiger charge is -2.19. The molecular weight excluding hydrogens is 358 g/mol. The molecule has 2 N–H and O–H groups in total. The van der Waals surface area contributed by atoms with Crippen LogP contribution in [0.25, 0.3) is 0 Å². The maximum atomic E-state index is 12.4. The second-order valence-corrected chi connectivity index (χ2v) is 6.50. The van der Waals surface area contributed by atoms with Crippen LogP contribution in [0.5, 0.6) is 0 Å². The predicted octanol–water partition coefficient (Wildman–Crippen LogP) is 2.46. The number of nitrogens with zero attached hydrogens (tertiary/aromatic N) is 3. The Morgan fingerprint density at radius 1 is 1.21 bits per heavy atom. The Balaban J connectivity index is 1.63. The van der Waals surface area contributed by atoms with E-state index in [0.717, 1.165) is 11.3 Å². The number of nitro benzene ring substituents is 1. The third-order valence-electron chi connectivity index (χ3n) is 4.44. The van der Waals surface area contributed by atoms with Crippen molar-refractivity contribution in [1.82, 2.24) is 10.6 Å². The number of rotatable bonds is 6. The van der Waals surface area contributed by atoms with Crippen molar-refractivity contribution in [1.29, 1.82) is 0 Å². The average Bonchev–Trinajstić information content (AvgIpc) is 3.07. The fourth-order valence-electron chi connectivity index (χ4n) is 3.07. The largest absolute Gasteiger partial charge is 0.357 e. The zero-order chi connectivity index (χ0) is 19.9. The first-order chi connectivity index (χ1) is 13.6. The van der Waals surface area contributed by atoms with Gasteiger partial charge >= 0.3 is 0 Å². The maximum Gasteiger partial charge on any atom is 0.269 e. The van der Waals surface area contributed by atoms with E-state index in [2.05, 4.69) is 15.6 Å². The molecule has 1 amide bonds. The molecule has 1 atom stereocenters. The van der Waals surface area contributed by atoms with E-state index in [9.17, 15) is 14.9 Å². The quantitative estimate of drug-likeness (QED) is 0.346. The minimum Gasteiger partial charge on any atom is -0.357 e. The van der Waals surface area contributed by atoms with Gasteiger partial charge < -0.3 is 15.5 Å². The average molecular weight is 381 g/mol. The molecule has 1 saturated heterocycles. The van der Waals surface area contributed by atoms with Crippen LogP contribution in [0.2, 0.25) is 0 Å². The van der Waals surface area contributed by atoms with E-state index in [-0.39, 0.29) is 17.6 Å². The van der Waals surface area contributed by atoms with Crippen molar-refractivity contribution in [3.05, 3.63) is 70.3 Å². The lowest BCUT2D eigenvalue weighted by Crippen LogP contribution is -2.44. The molecule has 2 aromatic rings. The van der Waals surface area contributed by atoms with E-state index >= 15 is 0 Å². The number of carbonyl (C=O) groups excluding carboxylic acids is 1. The molecule has 0 radical (unpaired) electrons. The number of nitrogens with one attached hydrogen (secondary N) is 2. The van der Waals surface area contributed by atoms with Gasteiger partial charge in [-0.3, -0.25) is 14.9 Å². The summed E-state index contributed by atoms with van der Waals surface area (Å²) >= 11 is 0. The number of aliphatic imine (C=N–C) groups is 1. The second-order valence-electron chi connectivity index (χ2n) is 6.50. The van der Waals surface area contributed by atoms with Gasteiger partial charge in [-0.2, -0.15) is 0 Å². The van der Waals surface area contributed by atoms with Crippen molar-refractivity contribution in [2.45, 2.75) is 25.9 Å². The van der Waals surface area contributed by atoms with Crippen molar-refractivity contribution < 1.29 is 9.72 Å². The van der Waals surface area contributed by atoms with E-state index in [4.69, 9.17) is 0 Å². The Bertz CT molecular complexity index is 852. The minimum absolute atomic E-state index is 0.0395. The smallest absolute Gasteiger partial charge is 0.269 e. The number of hydrogen-bond acceptors (Lipinski definition) is 4. The van der Waals surface area contributed by atoms with Gasteiger partial charge in [-0.05, 0) is 24.6 Å². The highest BCUT2D eigenvalue weighted by Crippen LogP contribution is 2.21. The van der Waals surface area contributed by atoms with Crippen LogP contribution in [0.1, 0.15) is 18.9 Å². The number of hydrogen-bond donors (Lipinski definition) is 2. The third-order valence-corrected chi connectivity index (χ3v) is 4.44. The molecule has 28 heavy (non-hydrogen) atoms. The standard InChI is InChI=1S/C20H23N5O3/c1-2-21-20(22-13-15-8-10-18(11-9-15)25(27)28)23-16-12-19(26)24(14-16)17-6-4-3-5-7-17/h3-11,16H,2,12-14H2,1H3,(H2,21,22,23). The van der Waals surface area contributed by atoms with Crippen LogP contribution in [0.4, 0.5) is 11.4 Å². The molecular formula is C20H23N5O3. The molecule has 8 nitrogen and oxygen atoms in total. The molecule has 8 heteroatoms. The first kappa shape index (κ1) is 19.3. The zero-order valence-electron chi connectivity index (χ0n) is 15.7. The summed E-state index contributed by atoms with van der Waals surface area (Å²) in [6.45, 7) is 3.62. The zero-order valence-corrected chi connectivity index (χ0v) is 15.7. The van der Waals surface area contributed by atoms with Crippen molar-refractivity contribution in [3.8, 4) is 0 Å². The first-order valence-corrected chi connectivity index (χ1v) is 9.20. The van der Waals surface area contributed by atoms with Crippen LogP contribution < -0.4 is 15.5 Å². The summed E-state index contributed by atoms with van der Waals surface area (Å²) in [5, 5.41) is 17.2. The molecule has 0 aliphatic carbocycles. The van der Waals surface area contributed by atoms with E-state index in [1.54, 1.807) is 17.0 Å². The predicted molar refractivity (Wildman–Crippen MR) is 108 cm³/mol. The van der Waals surface area contributed by atoms with Gasteiger partial charge in [0.05, 0.1) is 17.5 Å². The Morgan fingerprint density at radius 2 is 1.93 bits per heavy atom. The van der Waals surface area contributed by atoms with Crippen molar-refractivity contribution >= 4 is 23.2 Å². The summed E-state index contributed by atoms with van der Waals surface area (Å²) in [5.41, 5.74) is 1.82. The Hall–Kier alpha value is -3.42. The number of para-hydroxylation sites is 1. The fourth-order valence-corrected chi connectivity index (χ4v) is 3.07. The highest BCUT2D eigenvalue weighted by atomic mass is 16.6. The Labute approximate surface area is 163 Å². The van der Waals surface area contributed by atoms with Crippen molar-refractivity contribution in [3.63, 3.8) is 0 Å². The highest BCUT2D eigenvalue weighted by Gasteiger charge is 2.31. The minimum atomic E-state index is -0.422. The molecule has 0 bridgehead atoms. The summed E-state index contributed by atoms with van der Waals surface area (Å²) in [4.78, 5) is 29.0. The van der Waals surface area contributed by atoms with Crippen LogP contribution >= 0.6 is 0 Å². The molecule has 1 aliphatic rings. The number of nitro groups is 1. The Morgan fingerprint density at radius 3 is 2.57 bits per heavy atom. The molecule has 0 aromatic heterocycles. The molecule has 1 fully saturated rings.